The number of piperidine rings is 1. The van der Waals surface area contributed by atoms with Crippen LogP contribution in [0.3, 0.4) is 0 Å². The predicted octanol–water partition coefficient (Wildman–Crippen LogP) is 2.95. The Balaban J connectivity index is 1.46. The largest absolute Gasteiger partial charge is 0.468 e. The fourth-order valence-corrected chi connectivity index (χ4v) is 4.67. The van der Waals surface area contributed by atoms with Crippen molar-refractivity contribution in [3.05, 3.63) is 29.8 Å². The van der Waals surface area contributed by atoms with Crippen LogP contribution in [-0.2, 0) is 20.1 Å². The van der Waals surface area contributed by atoms with Crippen molar-refractivity contribution in [1.29, 1.82) is 0 Å². The lowest BCUT2D eigenvalue weighted by atomic mass is 9.89. The highest BCUT2D eigenvalue weighted by molar-refractivity contribution is 7.99. The molecule has 3 rings (SSSR count). The molecule has 2 aliphatic heterocycles. The lowest BCUT2D eigenvalue weighted by molar-refractivity contribution is -0.137. The van der Waals surface area contributed by atoms with Gasteiger partial charge < -0.3 is 15.4 Å². The van der Waals surface area contributed by atoms with Crippen LogP contribution in [0, 0.1) is 5.92 Å². The van der Waals surface area contributed by atoms with Crippen LogP contribution >= 0.6 is 11.8 Å². The van der Waals surface area contributed by atoms with Gasteiger partial charge in [-0.1, -0.05) is 12.1 Å². The van der Waals surface area contributed by atoms with E-state index < -0.39 is 0 Å². The summed E-state index contributed by atoms with van der Waals surface area (Å²) in [7, 11) is 1.40. The van der Waals surface area contributed by atoms with E-state index in [2.05, 4.69) is 15.4 Å². The Hall–Kier alpha value is -1.53. The monoisotopic (exact) mass is 362 g/mol. The van der Waals surface area contributed by atoms with Crippen molar-refractivity contribution in [2.45, 2.75) is 49.9 Å². The highest BCUT2D eigenvalue weighted by atomic mass is 32.2. The molecule has 1 aromatic rings. The molecule has 2 aliphatic rings. The quantitative estimate of drug-likeness (QED) is 0.730. The second-order valence-electron chi connectivity index (χ2n) is 7.00. The number of benzene rings is 1. The number of carbonyl (C=O) groups excluding carboxylic acids is 2. The number of esters is 1. The van der Waals surface area contributed by atoms with Gasteiger partial charge in [-0.3, -0.25) is 9.59 Å². The van der Waals surface area contributed by atoms with E-state index in [0.717, 1.165) is 29.8 Å². The maximum atomic E-state index is 12.4. The van der Waals surface area contributed by atoms with Gasteiger partial charge in [0.05, 0.1) is 12.9 Å². The first-order chi connectivity index (χ1) is 12.1. The Bertz CT molecular complexity index is 610. The molecule has 2 heterocycles. The predicted molar refractivity (Wildman–Crippen MR) is 101 cm³/mol. The molecular weight excluding hydrogens is 336 g/mol. The molecule has 0 aromatic heterocycles. The van der Waals surface area contributed by atoms with Gasteiger partial charge in [0.15, 0.2) is 0 Å². The molecule has 0 saturated carbocycles. The fourth-order valence-electron chi connectivity index (χ4n) is 3.87. The highest BCUT2D eigenvalue weighted by Crippen LogP contribution is 2.32. The standard InChI is InChI=1S/C19H26N2O3S/c1-24-19(23)12-25-11-13-3-2-4-15(7-13)21-18(22)10-14-8-16-5-6-17(9-14)20-16/h2-4,7,14,16-17,20H,5-6,8-12H2,1H3,(H,21,22). The SMILES string of the molecule is COC(=O)CSCc1cccc(NC(=O)CC2CC3CCC(C2)N3)c1. The molecule has 0 spiro atoms. The van der Waals surface area contributed by atoms with Gasteiger partial charge in [0.1, 0.15) is 0 Å². The van der Waals surface area contributed by atoms with Crippen LogP contribution in [0.5, 0.6) is 0 Å². The van der Waals surface area contributed by atoms with Crippen molar-refractivity contribution in [3.63, 3.8) is 0 Å². The third-order valence-electron chi connectivity index (χ3n) is 4.97. The van der Waals surface area contributed by atoms with E-state index in [0.29, 0.717) is 30.2 Å². The number of anilines is 1. The molecule has 2 N–H and O–H groups in total. The van der Waals surface area contributed by atoms with Gasteiger partial charge in [0, 0.05) is 29.9 Å². The molecule has 1 amide bonds. The van der Waals surface area contributed by atoms with Crippen LogP contribution in [0.15, 0.2) is 24.3 Å². The molecule has 2 fully saturated rings. The van der Waals surface area contributed by atoms with Gasteiger partial charge in [0.25, 0.3) is 0 Å². The molecule has 2 saturated heterocycles. The summed E-state index contributed by atoms with van der Waals surface area (Å²) in [5.41, 5.74) is 1.92. The highest BCUT2D eigenvalue weighted by Gasteiger charge is 2.34. The molecule has 1 aromatic carbocycles. The summed E-state index contributed by atoms with van der Waals surface area (Å²) in [6, 6.07) is 9.07. The third kappa shape index (κ3) is 5.47. The van der Waals surface area contributed by atoms with Crippen LogP contribution in [-0.4, -0.2) is 36.8 Å². The van der Waals surface area contributed by atoms with Gasteiger partial charge in [-0.2, -0.15) is 0 Å². The Labute approximate surface area is 153 Å². The van der Waals surface area contributed by atoms with Gasteiger partial charge in [-0.05, 0) is 49.3 Å². The number of hydrogen-bond acceptors (Lipinski definition) is 5. The van der Waals surface area contributed by atoms with Crippen molar-refractivity contribution < 1.29 is 14.3 Å². The Morgan fingerprint density at radius 1 is 1.28 bits per heavy atom. The molecule has 2 bridgehead atoms. The summed E-state index contributed by atoms with van der Waals surface area (Å²) >= 11 is 1.51. The minimum atomic E-state index is -0.217. The number of thioether (sulfide) groups is 1. The van der Waals surface area contributed by atoms with Crippen LogP contribution in [0.2, 0.25) is 0 Å². The number of amides is 1. The second-order valence-corrected chi connectivity index (χ2v) is 7.98. The Morgan fingerprint density at radius 3 is 2.76 bits per heavy atom. The summed E-state index contributed by atoms with van der Waals surface area (Å²) in [5, 5.41) is 6.65. The second kappa shape index (κ2) is 8.72. The topological polar surface area (TPSA) is 67.4 Å². The normalized spacial score (nSPS) is 24.8. The average Bonchev–Trinajstić information content (AvgIpc) is 2.93. The first kappa shape index (κ1) is 18.3. The van der Waals surface area contributed by atoms with Gasteiger partial charge >= 0.3 is 5.97 Å². The van der Waals surface area contributed by atoms with Crippen molar-refractivity contribution >= 4 is 29.3 Å². The van der Waals surface area contributed by atoms with E-state index in [9.17, 15) is 9.59 Å². The lowest BCUT2D eigenvalue weighted by Crippen LogP contribution is -2.39. The molecule has 0 aliphatic carbocycles. The lowest BCUT2D eigenvalue weighted by Gasteiger charge is -2.28. The Morgan fingerprint density at radius 2 is 2.04 bits per heavy atom. The zero-order valence-corrected chi connectivity index (χ0v) is 15.4. The van der Waals surface area contributed by atoms with Gasteiger partial charge in [-0.15, -0.1) is 11.8 Å². The maximum Gasteiger partial charge on any atom is 0.315 e. The molecule has 2 unspecified atom stereocenters. The van der Waals surface area contributed by atoms with E-state index in [-0.39, 0.29) is 11.9 Å². The summed E-state index contributed by atoms with van der Waals surface area (Å²) in [4.78, 5) is 23.5. The number of hydrogen-bond donors (Lipinski definition) is 2. The van der Waals surface area contributed by atoms with E-state index >= 15 is 0 Å². The van der Waals surface area contributed by atoms with Crippen LogP contribution < -0.4 is 10.6 Å². The number of rotatable bonds is 7. The van der Waals surface area contributed by atoms with Crippen LogP contribution in [0.25, 0.3) is 0 Å². The molecule has 25 heavy (non-hydrogen) atoms. The minimum absolute atomic E-state index is 0.102. The van der Waals surface area contributed by atoms with Crippen molar-refractivity contribution in [2.75, 3.05) is 18.2 Å². The smallest absolute Gasteiger partial charge is 0.315 e. The number of methoxy groups -OCH3 is 1. The van der Waals surface area contributed by atoms with Crippen LogP contribution in [0.4, 0.5) is 5.69 Å². The van der Waals surface area contributed by atoms with E-state index in [1.807, 2.05) is 24.3 Å². The summed E-state index contributed by atoms with van der Waals surface area (Å²) in [6.07, 6.45) is 5.36. The Kier molecular flexibility index (Phi) is 6.37. The number of fused-ring (bicyclic) bond motifs is 2. The van der Waals surface area contributed by atoms with E-state index in [1.165, 1.54) is 31.7 Å². The molecular formula is C19H26N2O3S. The van der Waals surface area contributed by atoms with Crippen molar-refractivity contribution in [3.8, 4) is 0 Å². The first-order valence-electron chi connectivity index (χ1n) is 8.92. The van der Waals surface area contributed by atoms with Gasteiger partial charge in [0.2, 0.25) is 5.91 Å². The first-order valence-corrected chi connectivity index (χ1v) is 10.1. The number of carbonyl (C=O) groups is 2. The molecule has 6 heteroatoms. The zero-order chi connectivity index (χ0) is 17.6. The van der Waals surface area contributed by atoms with E-state index in [1.54, 1.807) is 0 Å². The van der Waals surface area contributed by atoms with Crippen molar-refractivity contribution in [2.24, 2.45) is 5.92 Å². The molecule has 136 valence electrons. The number of ether oxygens (including phenoxy) is 1. The maximum absolute atomic E-state index is 12.4. The minimum Gasteiger partial charge on any atom is -0.468 e. The summed E-state index contributed by atoms with van der Waals surface area (Å²) in [5.74, 6) is 1.44. The average molecular weight is 362 g/mol. The third-order valence-corrected chi connectivity index (χ3v) is 5.95. The number of nitrogens with one attached hydrogen (secondary N) is 2. The molecule has 0 radical (unpaired) electrons. The molecule has 2 atom stereocenters. The molecule has 5 nitrogen and oxygen atoms in total. The zero-order valence-electron chi connectivity index (χ0n) is 14.6. The fraction of sp³-hybridized carbons (Fsp3) is 0.579. The summed E-state index contributed by atoms with van der Waals surface area (Å²) in [6.45, 7) is 0. The van der Waals surface area contributed by atoms with Crippen molar-refractivity contribution in [1.82, 2.24) is 5.32 Å². The summed E-state index contributed by atoms with van der Waals surface area (Å²) < 4.78 is 4.63. The van der Waals surface area contributed by atoms with Crippen LogP contribution in [0.1, 0.15) is 37.7 Å². The van der Waals surface area contributed by atoms with Gasteiger partial charge in [-0.25, -0.2) is 0 Å². The van der Waals surface area contributed by atoms with E-state index in [4.69, 9.17) is 0 Å².